The molecule has 1 saturated heterocycles. The zero-order valence-corrected chi connectivity index (χ0v) is 12.0. The number of carbonyl (C=O) groups excluding carboxylic acids is 1. The Hall–Kier alpha value is -1.43. The molecule has 0 spiro atoms. The number of likely N-dealkylation sites (tertiary alicyclic amines) is 1. The molecule has 20 heavy (non-hydrogen) atoms. The van der Waals surface area contributed by atoms with Gasteiger partial charge in [0.1, 0.15) is 0 Å². The van der Waals surface area contributed by atoms with Crippen molar-refractivity contribution < 1.29 is 4.79 Å². The van der Waals surface area contributed by atoms with Gasteiger partial charge in [-0.1, -0.05) is 24.3 Å². The van der Waals surface area contributed by atoms with E-state index in [0.717, 1.165) is 31.7 Å². The van der Waals surface area contributed by atoms with E-state index in [0.29, 0.717) is 5.92 Å². The number of amides is 1. The maximum Gasteiger partial charge on any atom is 0.241 e. The van der Waals surface area contributed by atoms with Gasteiger partial charge in [0.25, 0.3) is 0 Å². The summed E-state index contributed by atoms with van der Waals surface area (Å²) in [6, 6.07) is 8.19. The van der Waals surface area contributed by atoms with Crippen LogP contribution in [-0.2, 0) is 11.3 Å². The molecule has 0 aromatic heterocycles. The summed E-state index contributed by atoms with van der Waals surface area (Å²) in [5.74, 6) is 5.42. The molecule has 1 aliphatic heterocycles. The fourth-order valence-corrected chi connectivity index (χ4v) is 2.70. The molecule has 1 fully saturated rings. The minimum Gasteiger partial charge on any atom is -0.330 e. The average Bonchev–Trinajstić information content (AvgIpc) is 2.94. The number of hydrazine groups is 1. The number of nitrogens with one attached hydrogen (secondary N) is 1. The second kappa shape index (κ2) is 6.83. The predicted molar refractivity (Wildman–Crippen MR) is 79.6 cm³/mol. The van der Waals surface area contributed by atoms with Gasteiger partial charge >= 0.3 is 0 Å². The van der Waals surface area contributed by atoms with Crippen LogP contribution in [0.2, 0.25) is 0 Å². The number of benzene rings is 1. The lowest BCUT2D eigenvalue weighted by Crippen LogP contribution is -2.33. The van der Waals surface area contributed by atoms with Crippen molar-refractivity contribution in [1.29, 1.82) is 0 Å². The second-order valence-corrected chi connectivity index (χ2v) is 5.60. The first-order valence-corrected chi connectivity index (χ1v) is 7.15. The number of nitrogens with zero attached hydrogens (tertiary/aromatic N) is 1. The third-order valence-electron chi connectivity index (χ3n) is 4.12. The molecule has 2 unspecified atom stereocenters. The highest BCUT2D eigenvalue weighted by molar-refractivity contribution is 5.82. The molecule has 0 radical (unpaired) electrons. The molecule has 1 heterocycles. The Kier molecular flexibility index (Phi) is 5.11. The highest BCUT2D eigenvalue weighted by Gasteiger charge is 2.21. The van der Waals surface area contributed by atoms with E-state index in [4.69, 9.17) is 11.6 Å². The number of hydrogen-bond donors (Lipinski definition) is 3. The van der Waals surface area contributed by atoms with Crippen LogP contribution in [0.1, 0.15) is 30.4 Å². The van der Waals surface area contributed by atoms with Gasteiger partial charge in [-0.2, -0.15) is 0 Å². The van der Waals surface area contributed by atoms with Gasteiger partial charge in [0.2, 0.25) is 5.91 Å². The normalized spacial score (nSPS) is 20.9. The Balaban J connectivity index is 1.93. The monoisotopic (exact) mass is 276 g/mol. The second-order valence-electron chi connectivity index (χ2n) is 5.60. The fourth-order valence-electron chi connectivity index (χ4n) is 2.70. The van der Waals surface area contributed by atoms with E-state index in [1.807, 2.05) is 19.1 Å². The van der Waals surface area contributed by atoms with Crippen molar-refractivity contribution in [3.05, 3.63) is 35.4 Å². The Morgan fingerprint density at radius 1 is 1.45 bits per heavy atom. The lowest BCUT2D eigenvalue weighted by Gasteiger charge is -2.16. The van der Waals surface area contributed by atoms with Crippen LogP contribution in [0, 0.1) is 5.92 Å². The van der Waals surface area contributed by atoms with E-state index in [-0.39, 0.29) is 11.8 Å². The molecule has 0 aliphatic carbocycles. The molecule has 2 atom stereocenters. The molecule has 110 valence electrons. The van der Waals surface area contributed by atoms with Crippen LogP contribution in [0.15, 0.2) is 24.3 Å². The van der Waals surface area contributed by atoms with Gasteiger partial charge in [-0.15, -0.1) is 0 Å². The van der Waals surface area contributed by atoms with Crippen LogP contribution >= 0.6 is 0 Å². The Bertz CT molecular complexity index is 446. The smallest absolute Gasteiger partial charge is 0.241 e. The van der Waals surface area contributed by atoms with Crippen LogP contribution in [0.3, 0.4) is 0 Å². The standard InChI is InChI=1S/C15H24N4O/c1-11(15(20)18-17)14-4-2-12(3-5-14)9-19-7-6-13(8-16)10-19/h2-5,11,13H,6-10,16-17H2,1H3,(H,18,20). The minimum absolute atomic E-state index is 0.164. The Morgan fingerprint density at radius 3 is 2.70 bits per heavy atom. The number of hydrogen-bond acceptors (Lipinski definition) is 4. The molecular weight excluding hydrogens is 252 g/mol. The van der Waals surface area contributed by atoms with E-state index in [1.165, 1.54) is 12.0 Å². The largest absolute Gasteiger partial charge is 0.330 e. The minimum atomic E-state index is -0.220. The summed E-state index contributed by atoms with van der Waals surface area (Å²) < 4.78 is 0. The number of rotatable bonds is 5. The van der Waals surface area contributed by atoms with Crippen molar-refractivity contribution in [3.63, 3.8) is 0 Å². The maximum absolute atomic E-state index is 11.5. The topological polar surface area (TPSA) is 84.4 Å². The zero-order valence-electron chi connectivity index (χ0n) is 12.0. The van der Waals surface area contributed by atoms with Crippen molar-refractivity contribution in [1.82, 2.24) is 10.3 Å². The van der Waals surface area contributed by atoms with E-state index in [9.17, 15) is 4.79 Å². The molecule has 2 rings (SSSR count). The molecule has 1 amide bonds. The summed E-state index contributed by atoms with van der Waals surface area (Å²) in [4.78, 5) is 13.9. The maximum atomic E-state index is 11.5. The van der Waals surface area contributed by atoms with Crippen molar-refractivity contribution in [2.75, 3.05) is 19.6 Å². The van der Waals surface area contributed by atoms with Crippen LogP contribution in [0.4, 0.5) is 0 Å². The Labute approximate surface area is 120 Å². The third-order valence-corrected chi connectivity index (χ3v) is 4.12. The highest BCUT2D eigenvalue weighted by Crippen LogP contribution is 2.20. The van der Waals surface area contributed by atoms with Crippen LogP contribution in [0.25, 0.3) is 0 Å². The quantitative estimate of drug-likeness (QED) is 0.417. The molecule has 5 nitrogen and oxygen atoms in total. The predicted octanol–water partition coefficient (Wildman–Crippen LogP) is 0.561. The number of nitrogens with two attached hydrogens (primary N) is 2. The average molecular weight is 276 g/mol. The molecule has 5 heteroatoms. The summed E-state index contributed by atoms with van der Waals surface area (Å²) in [5.41, 5.74) is 10.2. The molecule has 0 bridgehead atoms. The van der Waals surface area contributed by atoms with Gasteiger partial charge in [0, 0.05) is 13.1 Å². The van der Waals surface area contributed by atoms with Gasteiger partial charge in [0.05, 0.1) is 5.92 Å². The van der Waals surface area contributed by atoms with Gasteiger partial charge in [-0.3, -0.25) is 15.1 Å². The lowest BCUT2D eigenvalue weighted by molar-refractivity contribution is -0.122. The molecule has 1 aromatic rings. The van der Waals surface area contributed by atoms with Gasteiger partial charge in [-0.05, 0) is 43.5 Å². The van der Waals surface area contributed by atoms with Crippen LogP contribution < -0.4 is 17.0 Å². The van der Waals surface area contributed by atoms with E-state index >= 15 is 0 Å². The highest BCUT2D eigenvalue weighted by atomic mass is 16.2. The molecule has 0 saturated carbocycles. The van der Waals surface area contributed by atoms with Crippen LogP contribution in [0.5, 0.6) is 0 Å². The Morgan fingerprint density at radius 2 is 2.15 bits per heavy atom. The van der Waals surface area contributed by atoms with Crippen molar-refractivity contribution >= 4 is 5.91 Å². The van der Waals surface area contributed by atoms with Crippen molar-refractivity contribution in [2.24, 2.45) is 17.5 Å². The first kappa shape index (κ1) is 15.0. The van der Waals surface area contributed by atoms with E-state index in [2.05, 4.69) is 22.5 Å². The SMILES string of the molecule is CC(C(=O)NN)c1ccc(CN2CCC(CN)C2)cc1. The first-order chi connectivity index (χ1) is 9.63. The summed E-state index contributed by atoms with van der Waals surface area (Å²) in [6.45, 7) is 5.79. The van der Waals surface area contributed by atoms with Crippen molar-refractivity contribution in [3.8, 4) is 0 Å². The summed E-state index contributed by atoms with van der Waals surface area (Å²) in [7, 11) is 0. The fraction of sp³-hybridized carbons (Fsp3) is 0.533. The third kappa shape index (κ3) is 3.56. The van der Waals surface area contributed by atoms with E-state index < -0.39 is 0 Å². The summed E-state index contributed by atoms with van der Waals surface area (Å²) >= 11 is 0. The zero-order chi connectivity index (χ0) is 14.5. The molecule has 5 N–H and O–H groups in total. The summed E-state index contributed by atoms with van der Waals surface area (Å²) in [5, 5.41) is 0. The molecule has 1 aliphatic rings. The molecule has 1 aromatic carbocycles. The lowest BCUT2D eigenvalue weighted by atomic mass is 9.99. The first-order valence-electron chi connectivity index (χ1n) is 7.15. The molecular formula is C15H24N4O. The van der Waals surface area contributed by atoms with Gasteiger partial charge in [-0.25, -0.2) is 5.84 Å². The van der Waals surface area contributed by atoms with E-state index in [1.54, 1.807) is 0 Å². The van der Waals surface area contributed by atoms with Gasteiger partial charge < -0.3 is 5.73 Å². The van der Waals surface area contributed by atoms with Crippen molar-refractivity contribution in [2.45, 2.75) is 25.8 Å². The number of carbonyl (C=O) groups is 1. The van der Waals surface area contributed by atoms with Crippen LogP contribution in [-0.4, -0.2) is 30.4 Å². The van der Waals surface area contributed by atoms with Gasteiger partial charge in [0.15, 0.2) is 0 Å². The summed E-state index contributed by atoms with van der Waals surface area (Å²) in [6.07, 6.45) is 1.20.